The highest BCUT2D eigenvalue weighted by Gasteiger charge is 2.61. The van der Waals surface area contributed by atoms with E-state index in [1.807, 2.05) is 0 Å². The van der Waals surface area contributed by atoms with Gasteiger partial charge in [-0.25, -0.2) is 0 Å². The normalized spacial score (nSPS) is 14.8. The van der Waals surface area contributed by atoms with E-state index in [0.717, 1.165) is 17.0 Å². The number of aliphatic hydroxyl groups is 1. The molecule has 0 radical (unpaired) electrons. The van der Waals surface area contributed by atoms with Gasteiger partial charge in [-0.3, -0.25) is 4.79 Å². The summed E-state index contributed by atoms with van der Waals surface area (Å²) in [4.78, 5) is 13.0. The zero-order valence-electron chi connectivity index (χ0n) is 10.7. The quantitative estimate of drug-likeness (QED) is 0.916. The predicted molar refractivity (Wildman–Crippen MR) is 64.3 cm³/mol. The SMILES string of the molecule is CCN(CC)C(=O)C(O)(c1ccccc1)C(F)(F)F. The van der Waals surface area contributed by atoms with Crippen LogP contribution in [0.5, 0.6) is 0 Å². The fourth-order valence-corrected chi connectivity index (χ4v) is 1.83. The second-order valence-corrected chi connectivity index (χ2v) is 4.05. The molecular weight excluding hydrogens is 259 g/mol. The summed E-state index contributed by atoms with van der Waals surface area (Å²) in [6, 6.07) is 6.40. The molecule has 1 aromatic rings. The number of likely N-dealkylation sites (N-methyl/N-ethyl adjacent to an activating group) is 1. The molecule has 0 saturated carbocycles. The smallest absolute Gasteiger partial charge is 0.369 e. The summed E-state index contributed by atoms with van der Waals surface area (Å²) in [5, 5.41) is 10.0. The molecule has 0 spiro atoms. The van der Waals surface area contributed by atoms with E-state index >= 15 is 0 Å². The maximum Gasteiger partial charge on any atom is 0.430 e. The van der Waals surface area contributed by atoms with Gasteiger partial charge >= 0.3 is 6.18 Å². The van der Waals surface area contributed by atoms with Crippen molar-refractivity contribution in [1.29, 1.82) is 0 Å². The number of carbonyl (C=O) groups is 1. The molecule has 1 rings (SSSR count). The Balaban J connectivity index is 3.34. The summed E-state index contributed by atoms with van der Waals surface area (Å²) < 4.78 is 39.5. The van der Waals surface area contributed by atoms with E-state index in [2.05, 4.69) is 0 Å². The Morgan fingerprint density at radius 2 is 1.63 bits per heavy atom. The van der Waals surface area contributed by atoms with Crippen LogP contribution in [0, 0.1) is 0 Å². The van der Waals surface area contributed by atoms with E-state index in [1.165, 1.54) is 18.2 Å². The lowest BCUT2D eigenvalue weighted by Gasteiger charge is -2.34. The summed E-state index contributed by atoms with van der Waals surface area (Å²) >= 11 is 0. The topological polar surface area (TPSA) is 40.5 Å². The van der Waals surface area contributed by atoms with Gasteiger partial charge in [-0.2, -0.15) is 13.2 Å². The molecule has 1 unspecified atom stereocenters. The van der Waals surface area contributed by atoms with Crippen molar-refractivity contribution in [2.45, 2.75) is 25.6 Å². The van der Waals surface area contributed by atoms with E-state index in [-0.39, 0.29) is 13.1 Å². The van der Waals surface area contributed by atoms with Crippen molar-refractivity contribution < 1.29 is 23.1 Å². The Morgan fingerprint density at radius 1 is 1.16 bits per heavy atom. The Bertz CT molecular complexity index is 429. The zero-order chi connectivity index (χ0) is 14.7. The van der Waals surface area contributed by atoms with Gasteiger partial charge in [-0.1, -0.05) is 30.3 Å². The molecule has 1 atom stereocenters. The van der Waals surface area contributed by atoms with Crippen LogP contribution in [0.4, 0.5) is 13.2 Å². The van der Waals surface area contributed by atoms with Crippen LogP contribution in [0.15, 0.2) is 30.3 Å². The number of alkyl halides is 3. The molecule has 1 aromatic carbocycles. The average molecular weight is 275 g/mol. The highest BCUT2D eigenvalue weighted by atomic mass is 19.4. The molecule has 6 heteroatoms. The molecule has 0 bridgehead atoms. The van der Waals surface area contributed by atoms with Gasteiger partial charge < -0.3 is 10.0 Å². The van der Waals surface area contributed by atoms with Gasteiger partial charge in [0.2, 0.25) is 0 Å². The number of nitrogens with zero attached hydrogens (tertiary/aromatic N) is 1. The van der Waals surface area contributed by atoms with Crippen LogP contribution in [0.1, 0.15) is 19.4 Å². The lowest BCUT2D eigenvalue weighted by atomic mass is 9.91. The number of amides is 1. The third-order valence-electron chi connectivity index (χ3n) is 2.96. The molecule has 1 N–H and O–H groups in total. The van der Waals surface area contributed by atoms with E-state index < -0.39 is 23.2 Å². The monoisotopic (exact) mass is 275 g/mol. The summed E-state index contributed by atoms with van der Waals surface area (Å²) in [7, 11) is 0. The molecule has 0 saturated heterocycles. The Hall–Kier alpha value is -1.56. The van der Waals surface area contributed by atoms with Crippen LogP contribution in [-0.4, -0.2) is 35.2 Å². The summed E-state index contributed by atoms with van der Waals surface area (Å²) in [5.74, 6) is -1.35. The van der Waals surface area contributed by atoms with Crippen LogP contribution in [0.25, 0.3) is 0 Å². The standard InChI is InChI=1S/C13H16F3NO2/c1-3-17(4-2)11(18)12(19,13(14,15)16)10-8-6-5-7-9-10/h5-9,19H,3-4H2,1-2H3. The van der Waals surface area contributed by atoms with Crippen LogP contribution < -0.4 is 0 Å². The second kappa shape index (κ2) is 5.61. The first-order valence-electron chi connectivity index (χ1n) is 5.93. The third-order valence-corrected chi connectivity index (χ3v) is 2.96. The van der Waals surface area contributed by atoms with E-state index in [9.17, 15) is 23.1 Å². The van der Waals surface area contributed by atoms with Crippen molar-refractivity contribution in [2.24, 2.45) is 0 Å². The Morgan fingerprint density at radius 3 is 2.00 bits per heavy atom. The summed E-state index contributed by atoms with van der Waals surface area (Å²) in [6.07, 6.45) is -5.08. The van der Waals surface area contributed by atoms with Crippen LogP contribution in [0.2, 0.25) is 0 Å². The van der Waals surface area contributed by atoms with Crippen molar-refractivity contribution in [3.8, 4) is 0 Å². The number of rotatable bonds is 4. The molecule has 0 aliphatic heterocycles. The molecule has 0 aliphatic rings. The lowest BCUT2D eigenvalue weighted by Crippen LogP contribution is -2.55. The van der Waals surface area contributed by atoms with Gasteiger partial charge in [0.1, 0.15) is 0 Å². The van der Waals surface area contributed by atoms with Gasteiger partial charge in [-0.05, 0) is 13.8 Å². The average Bonchev–Trinajstić information content (AvgIpc) is 2.38. The molecular formula is C13H16F3NO2. The fraction of sp³-hybridized carbons (Fsp3) is 0.462. The van der Waals surface area contributed by atoms with Crippen LogP contribution in [0.3, 0.4) is 0 Å². The van der Waals surface area contributed by atoms with Gasteiger partial charge in [0, 0.05) is 18.7 Å². The first kappa shape index (κ1) is 15.5. The maximum atomic E-state index is 13.2. The fourth-order valence-electron chi connectivity index (χ4n) is 1.83. The van der Waals surface area contributed by atoms with Gasteiger partial charge in [0.25, 0.3) is 11.5 Å². The van der Waals surface area contributed by atoms with Gasteiger partial charge in [0.15, 0.2) is 0 Å². The highest BCUT2D eigenvalue weighted by molar-refractivity contribution is 5.87. The number of halogens is 3. The Labute approximate surface area is 109 Å². The minimum atomic E-state index is -5.08. The Kier molecular flexibility index (Phi) is 4.57. The highest BCUT2D eigenvalue weighted by Crippen LogP contribution is 2.40. The molecule has 0 aromatic heterocycles. The molecule has 106 valence electrons. The van der Waals surface area contributed by atoms with Gasteiger partial charge in [0.05, 0.1) is 0 Å². The van der Waals surface area contributed by atoms with Crippen molar-refractivity contribution in [2.75, 3.05) is 13.1 Å². The van der Waals surface area contributed by atoms with Gasteiger partial charge in [-0.15, -0.1) is 0 Å². The zero-order valence-corrected chi connectivity index (χ0v) is 10.7. The van der Waals surface area contributed by atoms with E-state index in [4.69, 9.17) is 0 Å². The largest absolute Gasteiger partial charge is 0.430 e. The van der Waals surface area contributed by atoms with Crippen molar-refractivity contribution in [1.82, 2.24) is 4.90 Å². The molecule has 19 heavy (non-hydrogen) atoms. The van der Waals surface area contributed by atoms with E-state index in [0.29, 0.717) is 0 Å². The number of carbonyl (C=O) groups excluding carboxylic acids is 1. The minimum Gasteiger partial charge on any atom is -0.369 e. The van der Waals surface area contributed by atoms with Crippen LogP contribution in [-0.2, 0) is 10.4 Å². The first-order chi connectivity index (χ1) is 8.79. The first-order valence-corrected chi connectivity index (χ1v) is 5.93. The molecule has 1 amide bonds. The molecule has 0 fully saturated rings. The molecule has 3 nitrogen and oxygen atoms in total. The van der Waals surface area contributed by atoms with Crippen molar-refractivity contribution >= 4 is 5.91 Å². The third kappa shape index (κ3) is 2.73. The number of hydrogen-bond acceptors (Lipinski definition) is 2. The van der Waals surface area contributed by atoms with Crippen LogP contribution >= 0.6 is 0 Å². The predicted octanol–water partition coefficient (Wildman–Crippen LogP) is 2.30. The number of benzene rings is 1. The molecule has 0 aliphatic carbocycles. The van der Waals surface area contributed by atoms with Crippen molar-refractivity contribution in [3.63, 3.8) is 0 Å². The minimum absolute atomic E-state index is 0.0978. The maximum absolute atomic E-state index is 13.2. The summed E-state index contributed by atoms with van der Waals surface area (Å²) in [5.41, 5.74) is -3.97. The van der Waals surface area contributed by atoms with E-state index in [1.54, 1.807) is 13.8 Å². The molecule has 0 heterocycles. The second-order valence-electron chi connectivity index (χ2n) is 4.05. The van der Waals surface area contributed by atoms with Crippen molar-refractivity contribution in [3.05, 3.63) is 35.9 Å². The number of hydrogen-bond donors (Lipinski definition) is 1. The summed E-state index contributed by atoms with van der Waals surface area (Å²) in [6.45, 7) is 3.31. The lowest BCUT2D eigenvalue weighted by molar-refractivity contribution is -0.261.